The fourth-order valence-electron chi connectivity index (χ4n) is 4.84. The fourth-order valence-corrected chi connectivity index (χ4v) is 4.84. The molecule has 2 aromatic rings. The normalized spacial score (nSPS) is 17.3. The Bertz CT molecular complexity index is 1020. The quantitative estimate of drug-likeness (QED) is 0.657. The van der Waals surface area contributed by atoms with Crippen LogP contribution in [0.15, 0.2) is 30.5 Å². The molecule has 0 aromatic heterocycles. The van der Waals surface area contributed by atoms with Crippen molar-refractivity contribution in [1.29, 1.82) is 0 Å². The molecule has 0 N–H and O–H groups in total. The van der Waals surface area contributed by atoms with Crippen LogP contribution in [0.1, 0.15) is 51.3 Å². The molecule has 0 spiro atoms. The lowest BCUT2D eigenvalue weighted by Gasteiger charge is -2.34. The summed E-state index contributed by atoms with van der Waals surface area (Å²) in [7, 11) is 3.93. The molecule has 0 bridgehead atoms. The lowest BCUT2D eigenvalue weighted by molar-refractivity contribution is -0.127. The number of benzene rings is 2. The van der Waals surface area contributed by atoms with Crippen LogP contribution in [0.4, 0.5) is 0 Å². The molecule has 1 aliphatic heterocycles. The van der Waals surface area contributed by atoms with Crippen molar-refractivity contribution in [3.8, 4) is 5.75 Å². The van der Waals surface area contributed by atoms with Gasteiger partial charge in [-0.25, -0.2) is 0 Å². The highest BCUT2D eigenvalue weighted by molar-refractivity contribution is 5.83. The van der Waals surface area contributed by atoms with Gasteiger partial charge in [0.2, 0.25) is 5.91 Å². The van der Waals surface area contributed by atoms with Gasteiger partial charge in [-0.15, -0.1) is 0 Å². The Kier molecular flexibility index (Phi) is 6.19. The van der Waals surface area contributed by atoms with Crippen LogP contribution in [0.2, 0.25) is 0 Å². The van der Waals surface area contributed by atoms with E-state index in [1.165, 1.54) is 33.4 Å². The monoisotopic (exact) mass is 418 g/mol. The summed E-state index contributed by atoms with van der Waals surface area (Å²) in [4.78, 5) is 17.1. The number of nitrogens with zero attached hydrogens (tertiary/aromatic N) is 2. The van der Waals surface area contributed by atoms with E-state index in [1.807, 2.05) is 11.1 Å². The number of carbonyl (C=O) groups excluding carboxylic acids is 1. The summed E-state index contributed by atoms with van der Waals surface area (Å²) in [6, 6.07) is 8.84. The van der Waals surface area contributed by atoms with Crippen molar-refractivity contribution in [1.82, 2.24) is 9.80 Å². The molecule has 2 aromatic carbocycles. The molecule has 1 aliphatic carbocycles. The van der Waals surface area contributed by atoms with Crippen LogP contribution in [0.5, 0.6) is 5.75 Å². The van der Waals surface area contributed by atoms with Crippen molar-refractivity contribution in [2.75, 3.05) is 33.8 Å². The maximum atomic E-state index is 12.8. The van der Waals surface area contributed by atoms with Gasteiger partial charge in [-0.05, 0) is 98.3 Å². The average Bonchev–Trinajstić information content (AvgIpc) is 2.87. The van der Waals surface area contributed by atoms with Gasteiger partial charge in [0, 0.05) is 25.2 Å². The van der Waals surface area contributed by atoms with Crippen LogP contribution in [0, 0.1) is 20.8 Å². The van der Waals surface area contributed by atoms with Crippen LogP contribution in [-0.2, 0) is 17.6 Å². The van der Waals surface area contributed by atoms with Crippen molar-refractivity contribution in [3.05, 3.63) is 69.4 Å². The number of rotatable bonds is 7. The maximum absolute atomic E-state index is 12.8. The zero-order valence-corrected chi connectivity index (χ0v) is 19.5. The standard InChI is InChI=1S/C27H34N2O2/c1-18-11-21-7-10-29(27(30)16-22(21)12-19(18)2)9-6-8-28(4)17-24-14-23-15-26(31-5)20(3)13-25(23)24/h7,10-13,15,24H,6,8-9,14,16-17H2,1-5H3. The molecular formula is C27H34N2O2. The van der Waals surface area contributed by atoms with Crippen molar-refractivity contribution in [3.63, 3.8) is 0 Å². The minimum absolute atomic E-state index is 0.193. The predicted octanol–water partition coefficient (Wildman–Crippen LogP) is 4.64. The minimum Gasteiger partial charge on any atom is -0.496 e. The van der Waals surface area contributed by atoms with Crippen LogP contribution >= 0.6 is 0 Å². The third-order valence-corrected chi connectivity index (χ3v) is 6.89. The van der Waals surface area contributed by atoms with E-state index >= 15 is 0 Å². The Morgan fingerprint density at radius 3 is 2.61 bits per heavy atom. The van der Waals surface area contributed by atoms with Gasteiger partial charge in [0.1, 0.15) is 5.75 Å². The predicted molar refractivity (Wildman–Crippen MR) is 127 cm³/mol. The Hall–Kier alpha value is -2.59. The Morgan fingerprint density at radius 2 is 1.84 bits per heavy atom. The molecule has 4 nitrogen and oxygen atoms in total. The topological polar surface area (TPSA) is 32.8 Å². The highest BCUT2D eigenvalue weighted by Crippen LogP contribution is 2.39. The minimum atomic E-state index is 0.193. The van der Waals surface area contributed by atoms with E-state index in [2.05, 4.69) is 63.1 Å². The van der Waals surface area contributed by atoms with E-state index in [0.29, 0.717) is 12.3 Å². The number of fused-ring (bicyclic) bond motifs is 2. The molecule has 0 saturated heterocycles. The summed E-state index contributed by atoms with van der Waals surface area (Å²) in [5, 5.41) is 0. The molecule has 1 atom stereocenters. The van der Waals surface area contributed by atoms with Crippen molar-refractivity contribution in [2.24, 2.45) is 0 Å². The molecule has 1 amide bonds. The molecule has 0 radical (unpaired) electrons. The largest absolute Gasteiger partial charge is 0.496 e. The van der Waals surface area contributed by atoms with Gasteiger partial charge < -0.3 is 14.5 Å². The summed E-state index contributed by atoms with van der Waals surface area (Å²) < 4.78 is 5.44. The second kappa shape index (κ2) is 8.88. The van der Waals surface area contributed by atoms with Gasteiger partial charge in [-0.3, -0.25) is 4.79 Å². The number of likely N-dealkylation sites (N-methyl/N-ethyl adjacent to an activating group) is 1. The Balaban J connectivity index is 1.28. The molecule has 164 valence electrons. The average molecular weight is 419 g/mol. The van der Waals surface area contributed by atoms with Gasteiger partial charge in [0.25, 0.3) is 0 Å². The Labute approximate surface area is 186 Å². The summed E-state index contributed by atoms with van der Waals surface area (Å²) in [5.74, 6) is 1.79. The molecule has 4 rings (SSSR count). The van der Waals surface area contributed by atoms with Gasteiger partial charge in [0.05, 0.1) is 13.5 Å². The third kappa shape index (κ3) is 4.54. The lowest BCUT2D eigenvalue weighted by Crippen LogP contribution is -2.34. The van der Waals surface area contributed by atoms with Crippen LogP contribution in [-0.4, -0.2) is 49.5 Å². The fraction of sp³-hybridized carbons (Fsp3) is 0.444. The van der Waals surface area contributed by atoms with Crippen molar-refractivity contribution >= 4 is 12.0 Å². The first-order chi connectivity index (χ1) is 14.9. The van der Waals surface area contributed by atoms with Crippen LogP contribution in [0.3, 0.4) is 0 Å². The highest BCUT2D eigenvalue weighted by atomic mass is 16.5. The zero-order chi connectivity index (χ0) is 22.1. The first-order valence-corrected chi connectivity index (χ1v) is 11.3. The van der Waals surface area contributed by atoms with E-state index in [9.17, 15) is 4.79 Å². The number of hydrogen-bond acceptors (Lipinski definition) is 3. The SMILES string of the molecule is COc1cc2c(cc1C)C(CN(C)CCCN1C=Cc3cc(C)c(C)cc3CC1=O)C2. The summed E-state index contributed by atoms with van der Waals surface area (Å²) in [6.07, 6.45) is 6.66. The third-order valence-electron chi connectivity index (χ3n) is 6.89. The number of aryl methyl sites for hydroxylation is 3. The maximum Gasteiger partial charge on any atom is 0.230 e. The van der Waals surface area contributed by atoms with E-state index in [0.717, 1.165) is 43.8 Å². The Morgan fingerprint density at radius 1 is 1.06 bits per heavy atom. The molecule has 0 saturated carbocycles. The summed E-state index contributed by atoms with van der Waals surface area (Å²) in [6.45, 7) is 9.17. The van der Waals surface area contributed by atoms with Gasteiger partial charge >= 0.3 is 0 Å². The lowest BCUT2D eigenvalue weighted by atomic mass is 9.76. The van der Waals surface area contributed by atoms with Crippen LogP contribution in [0.25, 0.3) is 6.08 Å². The van der Waals surface area contributed by atoms with Crippen molar-refractivity contribution in [2.45, 2.75) is 46.0 Å². The van der Waals surface area contributed by atoms with Gasteiger partial charge in [-0.2, -0.15) is 0 Å². The number of carbonyl (C=O) groups is 1. The molecule has 0 fully saturated rings. The number of hydrogen-bond donors (Lipinski definition) is 0. The first-order valence-electron chi connectivity index (χ1n) is 11.3. The van der Waals surface area contributed by atoms with E-state index in [1.54, 1.807) is 7.11 Å². The van der Waals surface area contributed by atoms with Crippen LogP contribution < -0.4 is 4.74 Å². The molecule has 4 heteroatoms. The molecule has 1 unspecified atom stereocenters. The van der Waals surface area contributed by atoms with Gasteiger partial charge in [-0.1, -0.05) is 18.2 Å². The number of amides is 1. The second-order valence-electron chi connectivity index (χ2n) is 9.25. The van der Waals surface area contributed by atoms with Crippen molar-refractivity contribution < 1.29 is 9.53 Å². The molecule has 2 aliphatic rings. The smallest absolute Gasteiger partial charge is 0.230 e. The number of methoxy groups -OCH3 is 1. The van der Waals surface area contributed by atoms with E-state index in [-0.39, 0.29) is 5.91 Å². The summed E-state index contributed by atoms with van der Waals surface area (Å²) in [5.41, 5.74) is 8.95. The van der Waals surface area contributed by atoms with E-state index in [4.69, 9.17) is 4.74 Å². The highest BCUT2D eigenvalue weighted by Gasteiger charge is 2.28. The van der Waals surface area contributed by atoms with E-state index < -0.39 is 0 Å². The first kappa shape index (κ1) is 21.6. The second-order valence-corrected chi connectivity index (χ2v) is 9.25. The summed E-state index contributed by atoms with van der Waals surface area (Å²) >= 11 is 0. The number of ether oxygens (including phenoxy) is 1. The van der Waals surface area contributed by atoms with Gasteiger partial charge in [0.15, 0.2) is 0 Å². The molecule has 1 heterocycles. The molecular weight excluding hydrogens is 384 g/mol. The molecule has 31 heavy (non-hydrogen) atoms. The zero-order valence-electron chi connectivity index (χ0n) is 19.5.